The normalized spacial score (nSPS) is 17.5. The van der Waals surface area contributed by atoms with Crippen molar-refractivity contribution in [2.24, 2.45) is 25.9 Å². The van der Waals surface area contributed by atoms with Crippen LogP contribution in [0.4, 0.5) is 70.2 Å². The molecule has 0 spiro atoms. The first-order valence-corrected chi connectivity index (χ1v) is 40.6. The fourth-order valence-corrected chi connectivity index (χ4v) is 17.3. The van der Waals surface area contributed by atoms with Crippen molar-refractivity contribution in [3.8, 4) is 46.4 Å². The Balaban J connectivity index is 0.000000198. The van der Waals surface area contributed by atoms with Gasteiger partial charge >= 0.3 is 0 Å². The highest BCUT2D eigenvalue weighted by Gasteiger charge is 2.68. The van der Waals surface area contributed by atoms with E-state index >= 15 is 17.6 Å². The first-order chi connectivity index (χ1) is 54.8. The summed E-state index contributed by atoms with van der Waals surface area (Å²) in [4.78, 5) is 36.9. The number of aryl methyl sites for hydroxylation is 2. The number of fused-ring (bicyclic) bond motifs is 8. The van der Waals surface area contributed by atoms with Gasteiger partial charge in [0.2, 0.25) is 0 Å². The molecule has 18 nitrogen and oxygen atoms in total. The molecule has 2 fully saturated rings. The van der Waals surface area contributed by atoms with E-state index in [1.165, 1.54) is 46.7 Å². The van der Waals surface area contributed by atoms with Crippen LogP contribution in [0.2, 0.25) is 15.2 Å². The van der Waals surface area contributed by atoms with Gasteiger partial charge in [-0.05, 0) is 115 Å². The zero-order chi connectivity index (χ0) is 85.4. The van der Waals surface area contributed by atoms with Crippen LogP contribution in [0.5, 0.6) is 0 Å². The molecular weight excluding hydrogens is 1680 g/mol. The van der Waals surface area contributed by atoms with E-state index in [1.54, 1.807) is 31.2 Å². The number of terminal acetylenes is 1. The van der Waals surface area contributed by atoms with Crippen molar-refractivity contribution in [2.75, 3.05) is 39.2 Å². The Bertz CT molecular complexity index is 5940. The molecule has 4 aliphatic carbocycles. The molecule has 4 aromatic carbocycles. The number of hydrogen-bond donors (Lipinski definition) is 2. The quantitative estimate of drug-likeness (QED) is 0.0291. The topological polar surface area (TPSA) is 240 Å². The molecule has 0 saturated heterocycles. The third-order valence-corrected chi connectivity index (χ3v) is 22.7. The number of hydrogen-bond acceptors (Lipinski definition) is 14. The summed E-state index contributed by atoms with van der Waals surface area (Å²) in [6, 6.07) is 17.5. The van der Waals surface area contributed by atoms with Crippen molar-refractivity contribution >= 4 is 87.8 Å². The Hall–Kier alpha value is -9.43. The Labute approximate surface area is 671 Å². The number of nitrogens with zero attached hydrogens (tertiary/aromatic N) is 10. The third kappa shape index (κ3) is 18.1. The predicted molar refractivity (Wildman–Crippen MR) is 398 cm³/mol. The number of rotatable bonds is 26. The summed E-state index contributed by atoms with van der Waals surface area (Å²) in [5, 5.41) is 35.9. The lowest BCUT2D eigenvalue weighted by molar-refractivity contribution is -0.121. The standard InChI is InChI=1S/C39H32ClF8N5O4S.C34H27Cl2F6N5O3S.C5H6F2O/c1-52-35-26(5-6-29(40)32(35)30(50-52)16-58(2,56)57)25-4-3-23(7-8-38(55,17-41)18-42)49-33(25)20(9-19-10-21(43)13-22(44)11-19)12-24(54)15-53-36-31(34(51-53)37(45)46)27-14-28(27)39(36,47)48;1-46-31-21(3-5-24(35)28(31)25(44-46)14-51(2,49)50)20-4-6-26(36)43-29(20)16(7-15-8-17(37)11-18(38)9-15)10-19(48)13-47-32-27(30(45-47)33(39)40)22-12-23(22)34(32,41)42;1-2-5(8,3-6)4-7/h3-6,10-11,13,20,27-28,37,55H,9,12,14-18H2,1-2H3;3-6,8-9,11,16,22-23,33H,7,10,12-14H2,1-2H3;1,8H,3-4H2/t20-,27+,28-;16-,22+,23-;/m11./s1. The first kappa shape index (κ1) is 86.9. The van der Waals surface area contributed by atoms with Gasteiger partial charge in [0, 0.05) is 119 Å². The van der Waals surface area contributed by atoms with Crippen LogP contribution in [0.15, 0.2) is 84.9 Å². The number of halogens is 19. The smallest absolute Gasteiger partial charge is 0.293 e. The van der Waals surface area contributed by atoms with Crippen LogP contribution in [-0.2, 0) is 92.6 Å². The molecule has 6 aromatic heterocycles. The lowest BCUT2D eigenvalue weighted by atomic mass is 9.86. The minimum atomic E-state index is -3.63. The first-order valence-electron chi connectivity index (χ1n) is 35.3. The fraction of sp³-hybridized carbons (Fsp3) is 0.385. The van der Waals surface area contributed by atoms with Crippen molar-refractivity contribution < 1.29 is 107 Å². The molecule has 2 N–H and O–H groups in total. The number of pyridine rings is 2. The maximum Gasteiger partial charge on any atom is 0.293 e. The summed E-state index contributed by atoms with van der Waals surface area (Å²) >= 11 is 19.5. The van der Waals surface area contributed by atoms with Crippen molar-refractivity contribution in [2.45, 2.75) is 123 Å². The monoisotopic (exact) mass is 1740 g/mol. The van der Waals surface area contributed by atoms with Crippen molar-refractivity contribution in [3.63, 3.8) is 0 Å². The number of aliphatic hydroxyl groups is 2. The second-order valence-electron chi connectivity index (χ2n) is 29.3. The summed E-state index contributed by atoms with van der Waals surface area (Å²) < 4.78 is 278. The maximum atomic E-state index is 15.4. The number of benzene rings is 4. The summed E-state index contributed by atoms with van der Waals surface area (Å²) in [6.07, 6.45) is -1.22. The highest BCUT2D eigenvalue weighted by molar-refractivity contribution is 7.90. The van der Waals surface area contributed by atoms with Gasteiger partial charge in [-0.1, -0.05) is 58.8 Å². The van der Waals surface area contributed by atoms with E-state index < -0.39 is 213 Å². The lowest BCUT2D eigenvalue weighted by Gasteiger charge is -2.22. The van der Waals surface area contributed by atoms with Crippen LogP contribution in [0.3, 0.4) is 0 Å². The molecule has 0 amide bonds. The van der Waals surface area contributed by atoms with Crippen LogP contribution in [0.25, 0.3) is 44.1 Å². The van der Waals surface area contributed by atoms with E-state index in [2.05, 4.69) is 48.6 Å². The molecule has 6 atom stereocenters. The highest BCUT2D eigenvalue weighted by atomic mass is 35.5. The second kappa shape index (κ2) is 33.1. The van der Waals surface area contributed by atoms with Gasteiger partial charge in [-0.3, -0.25) is 28.3 Å². The molecule has 0 radical (unpaired) electrons. The average molecular weight is 1740 g/mol. The van der Waals surface area contributed by atoms with E-state index in [0.29, 0.717) is 54.6 Å². The van der Waals surface area contributed by atoms with Gasteiger partial charge in [-0.15, -0.1) is 6.42 Å². The molecule has 39 heteroatoms. The summed E-state index contributed by atoms with van der Waals surface area (Å²) in [6.45, 7) is -7.27. The SMILES string of the molecule is C#CC(O)(CF)CF.Cn1nc(CS(C)(=O)=O)c2c(Cl)ccc(-c3ccc(C#CC(O)(CF)CF)nc3[C@@H](CC(=O)Cn3nc(C(F)F)c4c3C(F)(F)[C@@H]3C[C@H]43)Cc3cc(F)cc(F)c3)c21.Cn1nc(CS(C)(=O)=O)c2c(Cl)ccc(-c3ccc(Cl)nc3[C@@H](CC(=O)Cn3nc(C(F)F)c4c3C(F)(F)[C@@H]3C[C@H]43)Cc3cc(F)cc(F)c3)c21. The zero-order valence-electron chi connectivity index (χ0n) is 61.5. The molecule has 0 bridgehead atoms. The molecular formula is C78H65Cl3F16N10O8S2. The van der Waals surface area contributed by atoms with Crippen LogP contribution < -0.4 is 0 Å². The molecule has 620 valence electrons. The van der Waals surface area contributed by atoms with Gasteiger partial charge in [0.15, 0.2) is 42.4 Å². The van der Waals surface area contributed by atoms with E-state index in [0.717, 1.165) is 36.8 Å². The van der Waals surface area contributed by atoms with Gasteiger partial charge in [-0.25, -0.2) is 79.5 Å². The van der Waals surface area contributed by atoms with E-state index in [1.807, 2.05) is 0 Å². The largest absolute Gasteiger partial charge is 0.373 e. The molecule has 4 aliphatic rings. The van der Waals surface area contributed by atoms with Gasteiger partial charge in [0.05, 0.1) is 55.4 Å². The minimum Gasteiger partial charge on any atom is -0.373 e. The predicted octanol–water partition coefficient (Wildman–Crippen LogP) is 15.8. The number of carbonyl (C=O) groups is 2. The van der Waals surface area contributed by atoms with E-state index in [9.17, 15) is 84.2 Å². The third-order valence-electron chi connectivity index (χ3n) is 20.3. The number of sulfone groups is 2. The Morgan fingerprint density at radius 1 is 0.556 bits per heavy atom. The van der Waals surface area contributed by atoms with Crippen molar-refractivity contribution in [1.29, 1.82) is 0 Å². The van der Waals surface area contributed by atoms with Crippen molar-refractivity contribution in [3.05, 3.63) is 197 Å². The number of Topliss-reactive ketones (excluding diaryl/α,β-unsaturated/α-hetero) is 2. The number of ketones is 2. The molecule has 117 heavy (non-hydrogen) atoms. The van der Waals surface area contributed by atoms with E-state index in [-0.39, 0.29) is 103 Å². The molecule has 10 aromatic rings. The molecule has 0 unspecified atom stereocenters. The summed E-state index contributed by atoms with van der Waals surface area (Å²) in [5.74, 6) is -13.1. The Morgan fingerprint density at radius 3 is 1.29 bits per heavy atom. The molecule has 14 rings (SSSR count). The number of carbonyl (C=O) groups excluding carboxylic acids is 2. The van der Waals surface area contributed by atoms with E-state index in [4.69, 9.17) is 39.9 Å². The molecule has 6 heterocycles. The summed E-state index contributed by atoms with van der Waals surface area (Å²) in [7, 11) is -4.06. The second-order valence-corrected chi connectivity index (χ2v) is 34.8. The van der Waals surface area contributed by atoms with Gasteiger partial charge in [-0.2, -0.15) is 38.0 Å². The van der Waals surface area contributed by atoms with Crippen LogP contribution in [-0.4, -0.2) is 138 Å². The van der Waals surface area contributed by atoms with Gasteiger partial charge in [0.1, 0.15) is 96.7 Å². The zero-order valence-corrected chi connectivity index (χ0v) is 65.4. The lowest BCUT2D eigenvalue weighted by Crippen LogP contribution is -2.31. The highest BCUT2D eigenvalue weighted by Crippen LogP contribution is 2.69. The molecule has 2 saturated carbocycles. The number of aromatic nitrogens is 10. The molecule has 0 aliphatic heterocycles. The fourth-order valence-electron chi connectivity index (χ4n) is 15.2. The van der Waals surface area contributed by atoms with Crippen LogP contribution >= 0.6 is 34.8 Å². The summed E-state index contributed by atoms with van der Waals surface area (Å²) in [5.41, 5.74) is -5.91. The Kier molecular flexibility index (Phi) is 24.5. The van der Waals surface area contributed by atoms with Gasteiger partial charge in [0.25, 0.3) is 24.7 Å². The Morgan fingerprint density at radius 2 is 0.932 bits per heavy atom. The van der Waals surface area contributed by atoms with Gasteiger partial charge < -0.3 is 10.2 Å². The average Bonchev–Trinajstić information content (AvgIpc) is 1.52. The maximum absolute atomic E-state index is 15.4. The minimum absolute atomic E-state index is 0.00224. The number of alkyl halides is 12. The van der Waals surface area contributed by atoms with Crippen molar-refractivity contribution in [1.82, 2.24) is 49.1 Å². The van der Waals surface area contributed by atoms with Crippen LogP contribution in [0.1, 0.15) is 136 Å². The van der Waals surface area contributed by atoms with Crippen LogP contribution in [0, 0.1) is 59.3 Å².